The molecule has 0 unspecified atom stereocenters. The van der Waals surface area contributed by atoms with Gasteiger partial charge < -0.3 is 0 Å². The van der Waals surface area contributed by atoms with Crippen LogP contribution in [0.15, 0.2) is 24.3 Å². The van der Waals surface area contributed by atoms with Crippen LogP contribution in [0.2, 0.25) is 0 Å². The fourth-order valence-electron chi connectivity index (χ4n) is 2.22. The van der Waals surface area contributed by atoms with Crippen LogP contribution in [0.1, 0.15) is 12.8 Å². The van der Waals surface area contributed by atoms with Crippen molar-refractivity contribution in [2.24, 2.45) is 5.41 Å². The van der Waals surface area contributed by atoms with Crippen LogP contribution in [0.3, 0.4) is 0 Å². The molecule has 0 aromatic heterocycles. The minimum absolute atomic E-state index is 0.0838. The van der Waals surface area contributed by atoms with Crippen LogP contribution in [0.25, 0.3) is 0 Å². The van der Waals surface area contributed by atoms with E-state index in [4.69, 9.17) is 0 Å². The number of hydrogen-bond donors (Lipinski definition) is 1. The fraction of sp³-hybridized carbons (Fsp3) is 0.250. The maximum Gasteiger partial charge on any atom is 0.335 e. The van der Waals surface area contributed by atoms with Crippen LogP contribution < -0.4 is 10.2 Å². The molecule has 1 saturated carbocycles. The third-order valence-corrected chi connectivity index (χ3v) is 3.52. The largest absolute Gasteiger partial charge is 0.335 e. The zero-order valence-corrected chi connectivity index (χ0v) is 10.2. The molecule has 1 aliphatic heterocycles. The number of nitro groups is 1. The Morgan fingerprint density at radius 2 is 1.95 bits per heavy atom. The van der Waals surface area contributed by atoms with Crippen molar-refractivity contribution in [1.29, 1.82) is 0 Å². The predicted octanol–water partition coefficient (Wildman–Crippen LogP) is 0.958. The molecular formula is C12H9N3O5. The molecule has 0 atom stereocenters. The Bertz CT molecular complexity index is 665. The summed E-state index contributed by atoms with van der Waals surface area (Å²) in [5, 5.41) is 12.9. The van der Waals surface area contributed by atoms with Crippen molar-refractivity contribution in [3.8, 4) is 0 Å². The van der Waals surface area contributed by atoms with E-state index >= 15 is 0 Å². The highest BCUT2D eigenvalue weighted by Crippen LogP contribution is 2.49. The van der Waals surface area contributed by atoms with Crippen molar-refractivity contribution in [3.05, 3.63) is 34.4 Å². The van der Waals surface area contributed by atoms with Crippen molar-refractivity contribution < 1.29 is 19.3 Å². The molecule has 8 nitrogen and oxygen atoms in total. The summed E-state index contributed by atoms with van der Waals surface area (Å²) in [6.07, 6.45) is 0.771. The molecule has 1 aromatic rings. The van der Waals surface area contributed by atoms with Crippen LogP contribution >= 0.6 is 0 Å². The molecule has 8 heteroatoms. The number of anilines is 1. The highest BCUT2D eigenvalue weighted by molar-refractivity contribution is 6.31. The number of amides is 4. The van der Waals surface area contributed by atoms with E-state index in [2.05, 4.69) is 5.32 Å². The second-order valence-electron chi connectivity index (χ2n) is 4.76. The number of nitrogens with zero attached hydrogens (tertiary/aromatic N) is 2. The Labute approximate surface area is 112 Å². The monoisotopic (exact) mass is 275 g/mol. The van der Waals surface area contributed by atoms with Crippen LogP contribution in [0, 0.1) is 15.5 Å². The van der Waals surface area contributed by atoms with Crippen LogP contribution in [-0.4, -0.2) is 22.8 Å². The number of nitro benzene ring substituents is 1. The van der Waals surface area contributed by atoms with Crippen LogP contribution in [0.4, 0.5) is 16.2 Å². The Kier molecular flexibility index (Phi) is 2.37. The summed E-state index contributed by atoms with van der Waals surface area (Å²) < 4.78 is 0. The molecule has 1 spiro atoms. The van der Waals surface area contributed by atoms with Gasteiger partial charge >= 0.3 is 6.03 Å². The lowest BCUT2D eigenvalue weighted by Gasteiger charge is -2.29. The fourth-order valence-corrected chi connectivity index (χ4v) is 2.22. The Hall–Kier alpha value is -2.77. The first-order valence-corrected chi connectivity index (χ1v) is 5.90. The number of rotatable bonds is 2. The van der Waals surface area contributed by atoms with Gasteiger partial charge in [0.15, 0.2) is 0 Å². The highest BCUT2D eigenvalue weighted by atomic mass is 16.6. The molecule has 0 bridgehead atoms. The first-order valence-electron chi connectivity index (χ1n) is 5.90. The Morgan fingerprint density at radius 1 is 1.25 bits per heavy atom. The quantitative estimate of drug-likeness (QED) is 0.491. The van der Waals surface area contributed by atoms with Crippen LogP contribution in [0.5, 0.6) is 0 Å². The third kappa shape index (κ3) is 1.58. The lowest BCUT2D eigenvalue weighted by Crippen LogP contribution is -2.59. The topological polar surface area (TPSA) is 110 Å². The van der Waals surface area contributed by atoms with E-state index in [0.29, 0.717) is 12.8 Å². The van der Waals surface area contributed by atoms with Crippen molar-refractivity contribution in [1.82, 2.24) is 5.32 Å². The number of carbonyl (C=O) groups excluding carboxylic acids is 3. The minimum atomic E-state index is -1.17. The summed E-state index contributed by atoms with van der Waals surface area (Å²) in [4.78, 5) is 46.7. The maximum atomic E-state index is 12.3. The van der Waals surface area contributed by atoms with Gasteiger partial charge in [-0.1, -0.05) is 6.07 Å². The van der Waals surface area contributed by atoms with Crippen LogP contribution in [-0.2, 0) is 9.59 Å². The minimum Gasteiger partial charge on any atom is -0.276 e. The number of hydrogen-bond acceptors (Lipinski definition) is 5. The van der Waals surface area contributed by atoms with E-state index in [1.807, 2.05) is 0 Å². The summed E-state index contributed by atoms with van der Waals surface area (Å²) in [5.74, 6) is -1.21. The van der Waals surface area contributed by atoms with E-state index in [-0.39, 0.29) is 11.4 Å². The highest BCUT2D eigenvalue weighted by Gasteiger charge is 2.62. The average Bonchev–Trinajstić information content (AvgIpc) is 3.19. The van der Waals surface area contributed by atoms with Gasteiger partial charge in [-0.05, 0) is 18.9 Å². The summed E-state index contributed by atoms with van der Waals surface area (Å²) in [6.45, 7) is 0. The van der Waals surface area contributed by atoms with Gasteiger partial charge in [-0.15, -0.1) is 0 Å². The molecule has 3 rings (SSSR count). The molecule has 4 amide bonds. The van der Waals surface area contributed by atoms with E-state index in [1.165, 1.54) is 18.2 Å². The summed E-state index contributed by atoms with van der Waals surface area (Å²) in [5.41, 5.74) is -1.32. The average molecular weight is 275 g/mol. The van der Waals surface area contributed by atoms with Gasteiger partial charge in [0, 0.05) is 12.1 Å². The number of non-ortho nitro benzene ring substituents is 1. The van der Waals surface area contributed by atoms with Crippen molar-refractivity contribution in [2.75, 3.05) is 4.90 Å². The molecule has 1 aromatic carbocycles. The molecule has 0 radical (unpaired) electrons. The molecule has 2 fully saturated rings. The molecule has 1 saturated heterocycles. The number of urea groups is 1. The number of benzene rings is 1. The normalized spacial score (nSPS) is 20.0. The van der Waals surface area contributed by atoms with Gasteiger partial charge in [0.1, 0.15) is 5.41 Å². The van der Waals surface area contributed by atoms with E-state index in [1.54, 1.807) is 0 Å². The van der Waals surface area contributed by atoms with Gasteiger partial charge in [0.05, 0.1) is 10.6 Å². The lowest BCUT2D eigenvalue weighted by molar-refractivity contribution is -0.384. The second-order valence-corrected chi connectivity index (χ2v) is 4.76. The molecular weight excluding hydrogens is 266 g/mol. The first-order chi connectivity index (χ1) is 9.45. The molecule has 1 heterocycles. The van der Waals surface area contributed by atoms with Gasteiger partial charge in [0.25, 0.3) is 11.6 Å². The summed E-state index contributed by atoms with van der Waals surface area (Å²) in [6, 6.07) is 4.30. The van der Waals surface area contributed by atoms with Crippen molar-refractivity contribution >= 4 is 29.2 Å². The molecule has 102 valence electrons. The second kappa shape index (κ2) is 3.86. The third-order valence-electron chi connectivity index (χ3n) is 3.52. The van der Waals surface area contributed by atoms with Crippen molar-refractivity contribution in [2.45, 2.75) is 12.8 Å². The SMILES string of the molecule is O=C1NC(=O)C2(CC2)C(=O)N1c1cccc([N+](=O)[O-])c1. The standard InChI is InChI=1S/C12H9N3O5/c16-9-12(4-5-12)10(17)14(11(18)13-9)7-2-1-3-8(6-7)15(19)20/h1-3,6H,4-5H2,(H,13,16,18). The van der Waals surface area contributed by atoms with Gasteiger partial charge in [0.2, 0.25) is 5.91 Å². The smallest absolute Gasteiger partial charge is 0.276 e. The molecule has 2 aliphatic rings. The number of nitrogens with one attached hydrogen (secondary N) is 1. The van der Waals surface area contributed by atoms with Gasteiger partial charge in [-0.25, -0.2) is 9.69 Å². The predicted molar refractivity (Wildman–Crippen MR) is 65.8 cm³/mol. The zero-order valence-electron chi connectivity index (χ0n) is 10.2. The maximum absolute atomic E-state index is 12.3. The number of carbonyl (C=O) groups is 3. The Morgan fingerprint density at radius 3 is 2.55 bits per heavy atom. The summed E-state index contributed by atoms with van der Waals surface area (Å²) >= 11 is 0. The van der Waals surface area contributed by atoms with E-state index in [0.717, 1.165) is 11.0 Å². The first kappa shape index (κ1) is 12.3. The van der Waals surface area contributed by atoms with E-state index < -0.39 is 28.2 Å². The molecule has 1 N–H and O–H groups in total. The van der Waals surface area contributed by atoms with Gasteiger partial charge in [-0.2, -0.15) is 0 Å². The lowest BCUT2D eigenvalue weighted by atomic mass is 10.0. The number of imide groups is 2. The van der Waals surface area contributed by atoms with Gasteiger partial charge in [-0.3, -0.25) is 25.0 Å². The van der Waals surface area contributed by atoms with E-state index in [9.17, 15) is 24.5 Å². The molecule has 1 aliphatic carbocycles. The van der Waals surface area contributed by atoms with Crippen molar-refractivity contribution in [3.63, 3.8) is 0 Å². The Balaban J connectivity index is 2.02. The zero-order chi connectivity index (χ0) is 14.5. The summed E-state index contributed by atoms with van der Waals surface area (Å²) in [7, 11) is 0. The number of barbiturate groups is 1. The molecule has 20 heavy (non-hydrogen) atoms.